The third-order valence-corrected chi connectivity index (χ3v) is 7.41. The molecule has 0 aromatic rings. The van der Waals surface area contributed by atoms with E-state index in [0.29, 0.717) is 30.5 Å². The van der Waals surface area contributed by atoms with Gasteiger partial charge in [0.1, 0.15) is 0 Å². The SMILES string of the molecule is CCCCCCCC(CCCC1OC2CCC(O1)C1CCCC2CC1)[N+](=O)[O-]. The Hall–Kier alpha value is -0.680. The van der Waals surface area contributed by atoms with Gasteiger partial charge in [-0.3, -0.25) is 10.1 Å². The number of hydrogen-bond acceptors (Lipinski definition) is 4. The van der Waals surface area contributed by atoms with Crippen LogP contribution in [0.4, 0.5) is 0 Å². The van der Waals surface area contributed by atoms with E-state index in [2.05, 4.69) is 6.92 Å². The van der Waals surface area contributed by atoms with Gasteiger partial charge in [0.15, 0.2) is 6.29 Å². The fourth-order valence-electron chi connectivity index (χ4n) is 5.68. The predicted octanol–water partition coefficient (Wildman–Crippen LogP) is 6.26. The number of rotatable bonds is 11. The fraction of sp³-hybridized carbons (Fsp3) is 1.00. The Labute approximate surface area is 171 Å². The highest BCUT2D eigenvalue weighted by atomic mass is 16.7. The molecule has 162 valence electrons. The van der Waals surface area contributed by atoms with Gasteiger partial charge in [-0.2, -0.15) is 0 Å². The van der Waals surface area contributed by atoms with Gasteiger partial charge >= 0.3 is 0 Å². The second-order valence-electron chi connectivity index (χ2n) is 9.46. The zero-order chi connectivity index (χ0) is 19.8. The summed E-state index contributed by atoms with van der Waals surface area (Å²) in [5.41, 5.74) is 0. The van der Waals surface area contributed by atoms with E-state index in [9.17, 15) is 10.1 Å². The van der Waals surface area contributed by atoms with Crippen molar-refractivity contribution in [1.29, 1.82) is 0 Å². The van der Waals surface area contributed by atoms with Crippen molar-refractivity contribution in [3.05, 3.63) is 10.1 Å². The zero-order valence-electron chi connectivity index (χ0n) is 17.9. The Morgan fingerprint density at radius 2 is 1.46 bits per heavy atom. The van der Waals surface area contributed by atoms with Gasteiger partial charge in [-0.25, -0.2) is 0 Å². The molecule has 5 atom stereocenters. The van der Waals surface area contributed by atoms with Gasteiger partial charge in [-0.05, 0) is 69.6 Å². The first-order valence-corrected chi connectivity index (χ1v) is 12.1. The second-order valence-corrected chi connectivity index (χ2v) is 9.46. The first-order valence-electron chi connectivity index (χ1n) is 12.1. The Balaban J connectivity index is 1.45. The summed E-state index contributed by atoms with van der Waals surface area (Å²) in [6.45, 7) is 2.20. The van der Waals surface area contributed by atoms with Crippen molar-refractivity contribution in [2.75, 3.05) is 0 Å². The molecule has 3 rings (SSSR count). The van der Waals surface area contributed by atoms with E-state index in [1.54, 1.807) is 0 Å². The van der Waals surface area contributed by atoms with Gasteiger partial charge in [0.25, 0.3) is 0 Å². The average molecular weight is 396 g/mol. The normalized spacial score (nSPS) is 33.7. The van der Waals surface area contributed by atoms with Gasteiger partial charge in [-0.1, -0.05) is 39.0 Å². The van der Waals surface area contributed by atoms with Crippen LogP contribution in [0.5, 0.6) is 0 Å². The van der Waals surface area contributed by atoms with E-state index in [1.807, 2.05) is 0 Å². The molecule has 0 spiro atoms. The minimum atomic E-state index is -0.394. The second kappa shape index (κ2) is 11.5. The smallest absolute Gasteiger partial charge is 0.213 e. The Kier molecular flexibility index (Phi) is 9.04. The van der Waals surface area contributed by atoms with Crippen LogP contribution < -0.4 is 0 Å². The molecule has 28 heavy (non-hydrogen) atoms. The molecular weight excluding hydrogens is 354 g/mol. The minimum Gasteiger partial charge on any atom is -0.349 e. The molecule has 0 radical (unpaired) electrons. The molecule has 1 saturated heterocycles. The minimum absolute atomic E-state index is 0.0568. The maximum Gasteiger partial charge on any atom is 0.213 e. The lowest BCUT2D eigenvalue weighted by molar-refractivity contribution is -0.524. The lowest BCUT2D eigenvalue weighted by Crippen LogP contribution is -2.29. The van der Waals surface area contributed by atoms with Gasteiger partial charge < -0.3 is 9.47 Å². The van der Waals surface area contributed by atoms with Crippen LogP contribution in [0.2, 0.25) is 0 Å². The molecular formula is C23H41NO4. The summed E-state index contributed by atoms with van der Waals surface area (Å²) in [6, 6.07) is -0.394. The van der Waals surface area contributed by atoms with Crippen molar-refractivity contribution in [2.24, 2.45) is 11.8 Å². The van der Waals surface area contributed by atoms with Crippen LogP contribution in [-0.2, 0) is 9.47 Å². The van der Waals surface area contributed by atoms with E-state index < -0.39 is 6.04 Å². The molecule has 5 heteroatoms. The molecule has 3 fully saturated rings. The van der Waals surface area contributed by atoms with Crippen molar-refractivity contribution < 1.29 is 14.4 Å². The van der Waals surface area contributed by atoms with E-state index in [0.717, 1.165) is 44.9 Å². The van der Waals surface area contributed by atoms with Gasteiger partial charge in [0.2, 0.25) is 6.04 Å². The summed E-state index contributed by atoms with van der Waals surface area (Å²) in [5, 5.41) is 11.4. The summed E-state index contributed by atoms with van der Waals surface area (Å²) in [5.74, 6) is 1.40. The van der Waals surface area contributed by atoms with Crippen molar-refractivity contribution >= 4 is 0 Å². The molecule has 0 N–H and O–H groups in total. The number of hydrogen-bond donors (Lipinski definition) is 0. The van der Waals surface area contributed by atoms with E-state index in [-0.39, 0.29) is 11.2 Å². The van der Waals surface area contributed by atoms with E-state index in [4.69, 9.17) is 9.47 Å². The van der Waals surface area contributed by atoms with Crippen LogP contribution in [0, 0.1) is 22.0 Å². The Bertz CT molecular complexity index is 450. The van der Waals surface area contributed by atoms with Crippen molar-refractivity contribution in [1.82, 2.24) is 0 Å². The largest absolute Gasteiger partial charge is 0.349 e. The highest BCUT2D eigenvalue weighted by Gasteiger charge is 2.39. The quantitative estimate of drug-likeness (QED) is 0.179. The predicted molar refractivity (Wildman–Crippen MR) is 111 cm³/mol. The average Bonchev–Trinajstić information content (AvgIpc) is 2.99. The zero-order valence-corrected chi connectivity index (χ0v) is 17.9. The summed E-state index contributed by atoms with van der Waals surface area (Å²) < 4.78 is 12.8. The number of ether oxygens (including phenoxy) is 2. The Morgan fingerprint density at radius 3 is 2.07 bits per heavy atom. The van der Waals surface area contributed by atoms with E-state index >= 15 is 0 Å². The van der Waals surface area contributed by atoms with Crippen molar-refractivity contribution in [2.45, 2.75) is 134 Å². The Morgan fingerprint density at radius 1 is 0.857 bits per heavy atom. The van der Waals surface area contributed by atoms with Gasteiger partial charge in [0.05, 0.1) is 12.2 Å². The number of unbranched alkanes of at least 4 members (excludes halogenated alkanes) is 4. The third-order valence-electron chi connectivity index (χ3n) is 7.41. The van der Waals surface area contributed by atoms with Crippen molar-refractivity contribution in [3.63, 3.8) is 0 Å². The molecule has 1 aliphatic heterocycles. The molecule has 0 aromatic heterocycles. The summed E-state index contributed by atoms with van der Waals surface area (Å²) >= 11 is 0. The maximum absolute atomic E-state index is 11.4. The third kappa shape index (κ3) is 6.41. The highest BCUT2D eigenvalue weighted by Crippen LogP contribution is 2.42. The van der Waals surface area contributed by atoms with Crippen LogP contribution in [-0.4, -0.2) is 29.5 Å². The first-order chi connectivity index (χ1) is 13.7. The fourth-order valence-corrected chi connectivity index (χ4v) is 5.68. The molecule has 0 amide bonds. The molecule has 2 aliphatic carbocycles. The summed E-state index contributed by atoms with van der Waals surface area (Å²) in [4.78, 5) is 11.4. The van der Waals surface area contributed by atoms with Crippen LogP contribution in [0.1, 0.15) is 110 Å². The maximum atomic E-state index is 11.4. The van der Waals surface area contributed by atoms with Crippen LogP contribution in [0.25, 0.3) is 0 Å². The van der Waals surface area contributed by atoms with Crippen molar-refractivity contribution in [3.8, 4) is 0 Å². The molecule has 2 saturated carbocycles. The summed E-state index contributed by atoms with van der Waals surface area (Å²) in [6.07, 6.45) is 18.1. The van der Waals surface area contributed by atoms with Crippen LogP contribution >= 0.6 is 0 Å². The molecule has 1 heterocycles. The van der Waals surface area contributed by atoms with Crippen LogP contribution in [0.3, 0.4) is 0 Å². The van der Waals surface area contributed by atoms with Gasteiger partial charge in [0, 0.05) is 17.8 Å². The molecule has 5 unspecified atom stereocenters. The lowest BCUT2D eigenvalue weighted by Gasteiger charge is -2.28. The summed E-state index contributed by atoms with van der Waals surface area (Å²) in [7, 11) is 0. The van der Waals surface area contributed by atoms with Crippen LogP contribution in [0.15, 0.2) is 0 Å². The number of nitro groups is 1. The van der Waals surface area contributed by atoms with Gasteiger partial charge in [-0.15, -0.1) is 0 Å². The lowest BCUT2D eigenvalue weighted by atomic mass is 9.84. The highest BCUT2D eigenvalue weighted by molar-refractivity contribution is 4.87. The monoisotopic (exact) mass is 395 g/mol. The topological polar surface area (TPSA) is 61.6 Å². The van der Waals surface area contributed by atoms with E-state index in [1.165, 1.54) is 51.4 Å². The first kappa shape index (κ1) is 22.0. The standard InChI is InChI=1S/C23H41NO4/c1-2-3-4-5-6-11-20(24(25)26)12-8-13-23-27-21-16-17-22(28-23)19-10-7-9-18(21)14-15-19/h18-23H,2-17H2,1H3. The molecule has 0 aromatic carbocycles. The number of nitrogens with zero attached hydrogens (tertiary/aromatic N) is 1. The number of fused-ring (bicyclic) bond motifs is 8. The molecule has 3 aliphatic rings. The molecule has 5 nitrogen and oxygen atoms in total. The molecule has 4 bridgehead atoms.